The molecule has 0 aliphatic rings. The zero-order valence-corrected chi connectivity index (χ0v) is 13.5. The minimum Gasteiger partial charge on any atom is -0.351 e. The lowest BCUT2D eigenvalue weighted by molar-refractivity contribution is -0.141. The molecule has 1 unspecified atom stereocenters. The molecule has 0 saturated heterocycles. The number of halogens is 3. The van der Waals surface area contributed by atoms with E-state index < -0.39 is 17.9 Å². The van der Waals surface area contributed by atoms with Crippen LogP contribution in [-0.4, -0.2) is 22.1 Å². The predicted octanol–water partition coefficient (Wildman–Crippen LogP) is 2.60. The van der Waals surface area contributed by atoms with Crippen LogP contribution in [-0.2, 0) is 17.5 Å². The zero-order valence-electron chi connectivity index (χ0n) is 12.6. The number of benzene rings is 1. The van der Waals surface area contributed by atoms with E-state index in [4.69, 9.17) is 0 Å². The molecule has 1 heterocycles. The van der Waals surface area contributed by atoms with Crippen molar-refractivity contribution in [1.82, 2.24) is 20.2 Å². The summed E-state index contributed by atoms with van der Waals surface area (Å²) in [6.07, 6.45) is -4.52. The Balaban J connectivity index is 2.11. The normalized spacial score (nSPS) is 12.7. The van der Waals surface area contributed by atoms with Gasteiger partial charge in [0.1, 0.15) is 0 Å². The summed E-state index contributed by atoms with van der Waals surface area (Å²) >= 11 is 3.82. The smallest absolute Gasteiger partial charge is 0.351 e. The van der Waals surface area contributed by atoms with E-state index in [1.807, 2.05) is 0 Å². The van der Waals surface area contributed by atoms with E-state index in [9.17, 15) is 18.0 Å². The van der Waals surface area contributed by atoms with Crippen molar-refractivity contribution in [3.8, 4) is 11.3 Å². The first-order valence-electron chi connectivity index (χ1n) is 6.99. The van der Waals surface area contributed by atoms with Crippen molar-refractivity contribution in [2.75, 3.05) is 0 Å². The molecule has 1 atom stereocenters. The number of thiol groups is 1. The van der Waals surface area contributed by atoms with Crippen LogP contribution in [0.25, 0.3) is 11.3 Å². The number of nitrogens with one attached hydrogen (secondary N) is 2. The first-order chi connectivity index (χ1) is 11.3. The monoisotopic (exact) mass is 356 g/mol. The Hall–Kier alpha value is -2.13. The van der Waals surface area contributed by atoms with Crippen molar-refractivity contribution in [2.24, 2.45) is 0 Å². The molecular weight excluding hydrogens is 341 g/mol. The van der Waals surface area contributed by atoms with Crippen LogP contribution in [0.2, 0.25) is 0 Å². The van der Waals surface area contributed by atoms with Crippen LogP contribution in [0.5, 0.6) is 0 Å². The lowest BCUT2D eigenvalue weighted by atomic mass is 10.1. The lowest BCUT2D eigenvalue weighted by Crippen LogP contribution is -2.38. The van der Waals surface area contributed by atoms with Gasteiger partial charge in [-0.2, -0.15) is 13.2 Å². The zero-order chi connectivity index (χ0) is 17.7. The standard InChI is InChI=1S/C15H15F3N4OS/c1-9(22-24)14(23)19-8-10-3-2-4-11(7-10)12-5-6-13(21-20-12)15(16,17)18/h2-7,9,22,24H,8H2,1H3,(H,19,23). The largest absolute Gasteiger partial charge is 0.435 e. The van der Waals surface area contributed by atoms with Crippen LogP contribution < -0.4 is 10.0 Å². The van der Waals surface area contributed by atoms with Crippen LogP contribution in [0, 0.1) is 0 Å². The third-order valence-electron chi connectivity index (χ3n) is 3.23. The Bertz CT molecular complexity index is 707. The molecule has 2 N–H and O–H groups in total. The van der Waals surface area contributed by atoms with Crippen molar-refractivity contribution < 1.29 is 18.0 Å². The number of amides is 1. The highest BCUT2D eigenvalue weighted by atomic mass is 32.1. The van der Waals surface area contributed by atoms with Gasteiger partial charge >= 0.3 is 6.18 Å². The molecular formula is C15H15F3N4OS. The Morgan fingerprint density at radius 2 is 2.00 bits per heavy atom. The number of carbonyl (C=O) groups excluding carboxylic acids is 1. The first kappa shape index (κ1) is 18.2. The molecule has 1 aromatic carbocycles. The summed E-state index contributed by atoms with van der Waals surface area (Å²) < 4.78 is 40.0. The number of aromatic nitrogens is 2. The Morgan fingerprint density at radius 3 is 2.58 bits per heavy atom. The molecule has 0 radical (unpaired) electrons. The maximum atomic E-state index is 12.5. The van der Waals surface area contributed by atoms with Crippen LogP contribution in [0.3, 0.4) is 0 Å². The third kappa shape index (κ3) is 4.68. The van der Waals surface area contributed by atoms with Crippen LogP contribution in [0.1, 0.15) is 18.2 Å². The van der Waals surface area contributed by atoms with Crippen molar-refractivity contribution in [2.45, 2.75) is 25.7 Å². The molecule has 1 amide bonds. The fraction of sp³-hybridized carbons (Fsp3) is 0.267. The molecule has 0 aliphatic heterocycles. The average molecular weight is 356 g/mol. The quantitative estimate of drug-likeness (QED) is 0.721. The molecule has 2 aromatic rings. The maximum Gasteiger partial charge on any atom is 0.435 e. The summed E-state index contributed by atoms with van der Waals surface area (Å²) in [6, 6.07) is 8.67. The van der Waals surface area contributed by atoms with Gasteiger partial charge in [0.2, 0.25) is 5.91 Å². The highest BCUT2D eigenvalue weighted by molar-refractivity contribution is 7.78. The van der Waals surface area contributed by atoms with Crippen molar-refractivity contribution in [3.05, 3.63) is 47.7 Å². The highest BCUT2D eigenvalue weighted by Gasteiger charge is 2.32. The van der Waals surface area contributed by atoms with E-state index in [-0.39, 0.29) is 12.5 Å². The fourth-order valence-corrected chi connectivity index (χ4v) is 2.00. The van der Waals surface area contributed by atoms with Crippen LogP contribution in [0.15, 0.2) is 36.4 Å². The van der Waals surface area contributed by atoms with E-state index in [0.717, 1.165) is 11.6 Å². The molecule has 1 aromatic heterocycles. The minimum atomic E-state index is -4.52. The molecule has 2 rings (SSSR count). The predicted molar refractivity (Wildman–Crippen MR) is 85.9 cm³/mol. The van der Waals surface area contributed by atoms with E-state index in [1.165, 1.54) is 6.07 Å². The van der Waals surface area contributed by atoms with Crippen molar-refractivity contribution in [1.29, 1.82) is 0 Å². The molecule has 0 saturated carbocycles. The van der Waals surface area contributed by atoms with Crippen LogP contribution >= 0.6 is 12.8 Å². The first-order valence-corrected chi connectivity index (χ1v) is 7.43. The van der Waals surface area contributed by atoms with E-state index >= 15 is 0 Å². The van der Waals surface area contributed by atoms with Gasteiger partial charge in [-0.05, 0) is 30.7 Å². The molecule has 9 heteroatoms. The van der Waals surface area contributed by atoms with Gasteiger partial charge in [0, 0.05) is 12.1 Å². The van der Waals surface area contributed by atoms with E-state index in [0.29, 0.717) is 11.3 Å². The average Bonchev–Trinajstić information content (AvgIpc) is 2.58. The molecule has 0 bridgehead atoms. The van der Waals surface area contributed by atoms with Gasteiger partial charge in [0.25, 0.3) is 0 Å². The van der Waals surface area contributed by atoms with Gasteiger partial charge in [-0.25, -0.2) is 0 Å². The molecule has 0 aliphatic carbocycles. The fourth-order valence-electron chi connectivity index (χ4n) is 1.88. The summed E-state index contributed by atoms with van der Waals surface area (Å²) in [6.45, 7) is 1.94. The lowest BCUT2D eigenvalue weighted by Gasteiger charge is -2.11. The summed E-state index contributed by atoms with van der Waals surface area (Å²) in [4.78, 5) is 11.7. The van der Waals surface area contributed by atoms with Crippen LogP contribution in [0.4, 0.5) is 13.2 Å². The molecule has 24 heavy (non-hydrogen) atoms. The van der Waals surface area contributed by atoms with Gasteiger partial charge in [-0.3, -0.25) is 9.52 Å². The molecule has 0 fully saturated rings. The van der Waals surface area contributed by atoms with Gasteiger partial charge in [-0.15, -0.1) is 10.2 Å². The summed E-state index contributed by atoms with van der Waals surface area (Å²) in [5.41, 5.74) is 0.682. The molecule has 0 spiro atoms. The van der Waals surface area contributed by atoms with Gasteiger partial charge < -0.3 is 5.32 Å². The number of rotatable bonds is 5. The number of hydrogen-bond donors (Lipinski definition) is 3. The maximum absolute atomic E-state index is 12.5. The summed E-state index contributed by atoms with van der Waals surface area (Å²) in [5.74, 6) is -0.218. The Kier molecular flexibility index (Phi) is 5.79. The van der Waals surface area contributed by atoms with Crippen molar-refractivity contribution in [3.63, 3.8) is 0 Å². The number of hydrogen-bond acceptors (Lipinski definition) is 5. The second-order valence-electron chi connectivity index (χ2n) is 5.07. The van der Waals surface area contributed by atoms with E-state index in [1.54, 1.807) is 31.2 Å². The second-order valence-corrected chi connectivity index (χ2v) is 5.33. The Morgan fingerprint density at radius 1 is 1.25 bits per heavy atom. The van der Waals surface area contributed by atoms with Gasteiger partial charge in [0.15, 0.2) is 5.69 Å². The third-order valence-corrected chi connectivity index (χ3v) is 3.62. The topological polar surface area (TPSA) is 66.9 Å². The number of carbonyl (C=O) groups is 1. The minimum absolute atomic E-state index is 0.218. The van der Waals surface area contributed by atoms with Crippen molar-refractivity contribution >= 4 is 18.7 Å². The molecule has 128 valence electrons. The SMILES string of the molecule is CC(NS)C(=O)NCc1cccc(-c2ccc(C(F)(F)F)nn2)c1. The summed E-state index contributed by atoms with van der Waals surface area (Å²) in [7, 11) is 0. The highest BCUT2D eigenvalue weighted by Crippen LogP contribution is 2.28. The second kappa shape index (κ2) is 7.63. The summed E-state index contributed by atoms with van der Waals surface area (Å²) in [5, 5.41) is 9.54. The van der Waals surface area contributed by atoms with Gasteiger partial charge in [-0.1, -0.05) is 31.0 Å². The van der Waals surface area contributed by atoms with E-state index in [2.05, 4.69) is 33.1 Å². The Labute approximate surface area is 142 Å². The molecule has 5 nitrogen and oxygen atoms in total. The number of nitrogens with zero attached hydrogens (tertiary/aromatic N) is 2. The van der Waals surface area contributed by atoms with Gasteiger partial charge in [0.05, 0.1) is 11.7 Å². The number of alkyl halides is 3.